The molecular weight excluding hydrogens is 603 g/mol. The Hall–Kier alpha value is -5.58. The minimum atomic E-state index is -3.00. The van der Waals surface area contributed by atoms with Crippen LogP contribution in [-0.2, 0) is 0 Å². The summed E-state index contributed by atoms with van der Waals surface area (Å²) in [5.74, 6) is 1.71. The number of piperazine rings is 1. The third kappa shape index (κ3) is 5.08. The Bertz CT molecular complexity index is 2000. The Morgan fingerprint density at radius 2 is 1.40 bits per heavy atom. The third-order valence-corrected chi connectivity index (χ3v) is 8.82. The summed E-state index contributed by atoms with van der Waals surface area (Å²) in [5, 5.41) is 4.94. The molecule has 0 radical (unpaired) electrons. The summed E-state index contributed by atoms with van der Waals surface area (Å²) in [6.07, 6.45) is 0. The highest BCUT2D eigenvalue weighted by Gasteiger charge is 2.44. The monoisotopic (exact) mass is 633 g/mol. The van der Waals surface area contributed by atoms with E-state index in [0.717, 1.165) is 34.0 Å². The Labute approximate surface area is 269 Å². The summed E-state index contributed by atoms with van der Waals surface area (Å²) < 4.78 is 48.1. The largest absolute Gasteiger partial charge is 0.434 e. The zero-order chi connectivity index (χ0) is 32.1. The van der Waals surface area contributed by atoms with Crippen LogP contribution in [0.15, 0.2) is 113 Å². The molecule has 4 aromatic carbocycles. The van der Waals surface area contributed by atoms with Crippen molar-refractivity contribution in [2.45, 2.75) is 19.6 Å². The summed E-state index contributed by atoms with van der Waals surface area (Å²) in [5.41, 5.74) is 5.41. The first-order chi connectivity index (χ1) is 23.0. The minimum Gasteiger partial charge on any atom is -0.434 e. The highest BCUT2D eigenvalue weighted by Crippen LogP contribution is 2.50. The lowest BCUT2D eigenvalue weighted by atomic mass is 9.92. The smallest absolute Gasteiger partial charge is 0.387 e. The molecule has 1 aromatic heterocycles. The number of hydrogen-bond donors (Lipinski definition) is 0. The molecule has 0 unspecified atom stereocenters. The van der Waals surface area contributed by atoms with E-state index in [4.69, 9.17) is 19.8 Å². The van der Waals surface area contributed by atoms with Crippen LogP contribution in [0.3, 0.4) is 0 Å². The molecule has 11 heteroatoms. The SMILES string of the molecule is Cc1nn(-c2ccccc2)c2c1[C@@H](c1ccccc1OC(F)F)N1C(=N2)C(N2CCN(c3ccc(F)cc3)CC2)=Nc2ccccc21. The highest BCUT2D eigenvalue weighted by atomic mass is 19.3. The molecule has 8 rings (SSSR count). The lowest BCUT2D eigenvalue weighted by molar-refractivity contribution is -0.0505. The first kappa shape index (κ1) is 28.9. The molecule has 5 aromatic rings. The number of aromatic nitrogens is 2. The molecule has 0 spiro atoms. The molecular formula is C36H30F3N7O. The number of hydrogen-bond acceptors (Lipinski definition) is 7. The average molecular weight is 634 g/mol. The number of ether oxygens (including phenoxy) is 1. The van der Waals surface area contributed by atoms with Gasteiger partial charge in [0.25, 0.3) is 0 Å². The lowest BCUT2D eigenvalue weighted by Crippen LogP contribution is -2.55. The number of fused-ring (bicyclic) bond motifs is 4. The van der Waals surface area contributed by atoms with Crippen LogP contribution in [-0.4, -0.2) is 59.1 Å². The minimum absolute atomic E-state index is 0.0843. The molecule has 47 heavy (non-hydrogen) atoms. The number of halogens is 3. The van der Waals surface area contributed by atoms with Gasteiger partial charge in [0.15, 0.2) is 17.5 Å². The molecule has 4 heterocycles. The molecule has 8 nitrogen and oxygen atoms in total. The van der Waals surface area contributed by atoms with Gasteiger partial charge in [-0.1, -0.05) is 48.5 Å². The van der Waals surface area contributed by atoms with Gasteiger partial charge in [-0.25, -0.2) is 19.1 Å². The Morgan fingerprint density at radius 3 is 2.17 bits per heavy atom. The van der Waals surface area contributed by atoms with Crippen LogP contribution >= 0.6 is 0 Å². The fraction of sp³-hybridized carbons (Fsp3) is 0.194. The van der Waals surface area contributed by atoms with Crippen molar-refractivity contribution in [1.29, 1.82) is 0 Å². The van der Waals surface area contributed by atoms with Gasteiger partial charge < -0.3 is 19.4 Å². The standard InChI is InChI=1S/C36H30F3N7O/c1-23-31-32(27-11-5-8-14-30(27)47-36(38)39)45-29-13-7-6-12-28(29)40-34(35(45)41-33(31)46(42-23)26-9-3-2-4-10-26)44-21-19-43(20-22-44)25-17-15-24(37)16-18-25/h2-18,32,36H,19-22H2,1H3/t32-/m1/s1. The number of benzene rings is 4. The van der Waals surface area contributed by atoms with Crippen LogP contribution in [0.4, 0.5) is 36.1 Å². The number of aryl methyl sites for hydroxylation is 1. The maximum atomic E-state index is 13.8. The van der Waals surface area contributed by atoms with Crippen molar-refractivity contribution in [3.8, 4) is 11.4 Å². The van der Waals surface area contributed by atoms with Crippen LogP contribution < -0.4 is 14.5 Å². The second kappa shape index (κ2) is 11.7. The summed E-state index contributed by atoms with van der Waals surface area (Å²) in [7, 11) is 0. The van der Waals surface area contributed by atoms with Crippen LogP contribution in [0, 0.1) is 12.7 Å². The van der Waals surface area contributed by atoms with Crippen LogP contribution in [0.25, 0.3) is 5.69 Å². The number of para-hydroxylation sites is 4. The maximum absolute atomic E-state index is 13.8. The molecule has 0 amide bonds. The van der Waals surface area contributed by atoms with E-state index in [1.807, 2.05) is 78.3 Å². The molecule has 3 aliphatic rings. The van der Waals surface area contributed by atoms with Gasteiger partial charge in [-0.2, -0.15) is 13.9 Å². The molecule has 3 aliphatic heterocycles. The number of rotatable bonds is 5. The maximum Gasteiger partial charge on any atom is 0.387 e. The second-order valence-corrected chi connectivity index (χ2v) is 11.6. The predicted molar refractivity (Wildman–Crippen MR) is 177 cm³/mol. The molecule has 236 valence electrons. The van der Waals surface area contributed by atoms with Crippen molar-refractivity contribution in [2.75, 3.05) is 36.0 Å². The zero-order valence-electron chi connectivity index (χ0n) is 25.5. The number of anilines is 2. The van der Waals surface area contributed by atoms with Gasteiger partial charge in [-0.15, -0.1) is 0 Å². The second-order valence-electron chi connectivity index (χ2n) is 11.6. The first-order valence-corrected chi connectivity index (χ1v) is 15.5. The number of alkyl halides is 2. The van der Waals surface area contributed by atoms with E-state index in [-0.39, 0.29) is 11.6 Å². The van der Waals surface area contributed by atoms with E-state index in [2.05, 4.69) is 14.7 Å². The topological polar surface area (TPSA) is 61.5 Å². The summed E-state index contributed by atoms with van der Waals surface area (Å²) in [4.78, 5) is 17.0. The molecule has 1 saturated heterocycles. The van der Waals surface area contributed by atoms with E-state index in [1.54, 1.807) is 24.3 Å². The average Bonchev–Trinajstić information content (AvgIpc) is 3.43. The van der Waals surface area contributed by atoms with Gasteiger partial charge in [0.2, 0.25) is 0 Å². The molecule has 0 saturated carbocycles. The van der Waals surface area contributed by atoms with Gasteiger partial charge in [-0.05, 0) is 61.5 Å². The lowest BCUT2D eigenvalue weighted by Gasteiger charge is -2.44. The van der Waals surface area contributed by atoms with Crippen molar-refractivity contribution in [3.05, 3.63) is 126 Å². The summed E-state index contributed by atoms with van der Waals surface area (Å²) in [6.45, 7) is 1.60. The van der Waals surface area contributed by atoms with Crippen molar-refractivity contribution in [2.24, 2.45) is 9.98 Å². The number of aliphatic imine (C=N–C) groups is 2. The van der Waals surface area contributed by atoms with Crippen molar-refractivity contribution >= 4 is 34.6 Å². The Morgan fingerprint density at radius 1 is 0.723 bits per heavy atom. The Kier molecular flexibility index (Phi) is 7.16. The van der Waals surface area contributed by atoms with Crippen molar-refractivity contribution < 1.29 is 17.9 Å². The molecule has 0 N–H and O–H groups in total. The molecule has 0 bridgehead atoms. The van der Waals surface area contributed by atoms with E-state index in [9.17, 15) is 13.2 Å². The van der Waals surface area contributed by atoms with E-state index in [1.165, 1.54) is 12.1 Å². The van der Waals surface area contributed by atoms with Crippen LogP contribution in [0.5, 0.6) is 5.75 Å². The van der Waals surface area contributed by atoms with Crippen molar-refractivity contribution in [3.63, 3.8) is 0 Å². The quantitative estimate of drug-likeness (QED) is 0.202. The molecule has 0 aliphatic carbocycles. The van der Waals surface area contributed by atoms with Crippen LogP contribution in [0.1, 0.15) is 22.9 Å². The highest BCUT2D eigenvalue weighted by molar-refractivity contribution is 6.48. The van der Waals surface area contributed by atoms with Gasteiger partial charge in [0.05, 0.1) is 28.8 Å². The third-order valence-electron chi connectivity index (χ3n) is 8.82. The van der Waals surface area contributed by atoms with Gasteiger partial charge >= 0.3 is 6.61 Å². The fourth-order valence-corrected chi connectivity index (χ4v) is 6.69. The first-order valence-electron chi connectivity index (χ1n) is 15.5. The van der Waals surface area contributed by atoms with Gasteiger partial charge in [0.1, 0.15) is 11.6 Å². The molecule has 1 fully saturated rings. The normalized spacial score (nSPS) is 17.1. The van der Waals surface area contributed by atoms with Gasteiger partial charge in [-0.3, -0.25) is 0 Å². The fourth-order valence-electron chi connectivity index (χ4n) is 6.69. The number of amidine groups is 2. The Balaban J connectivity index is 1.29. The summed E-state index contributed by atoms with van der Waals surface area (Å²) >= 11 is 0. The van der Waals surface area contributed by atoms with E-state index >= 15 is 0 Å². The van der Waals surface area contributed by atoms with E-state index in [0.29, 0.717) is 49.2 Å². The molecule has 1 atom stereocenters. The van der Waals surface area contributed by atoms with Crippen LogP contribution in [0.2, 0.25) is 0 Å². The van der Waals surface area contributed by atoms with E-state index < -0.39 is 12.7 Å². The predicted octanol–water partition coefficient (Wildman–Crippen LogP) is 7.43. The summed E-state index contributed by atoms with van der Waals surface area (Å²) in [6, 6.07) is 30.4. The van der Waals surface area contributed by atoms with Gasteiger partial charge in [0, 0.05) is 43.0 Å². The van der Waals surface area contributed by atoms with Crippen molar-refractivity contribution in [1.82, 2.24) is 14.7 Å². The zero-order valence-corrected chi connectivity index (χ0v) is 25.5. The number of nitrogens with zero attached hydrogens (tertiary/aromatic N) is 7.